The van der Waals surface area contributed by atoms with E-state index < -0.39 is 15.1 Å². The maximum Gasteiger partial charge on any atom is 0.226 e. The summed E-state index contributed by atoms with van der Waals surface area (Å²) in [5.41, 5.74) is 5.62. The Balaban J connectivity index is 0.00000289. The van der Waals surface area contributed by atoms with Gasteiger partial charge in [0.2, 0.25) is 5.95 Å². The lowest BCUT2D eigenvalue weighted by Gasteiger charge is -2.12. The van der Waals surface area contributed by atoms with Crippen molar-refractivity contribution in [2.75, 3.05) is 17.6 Å². The van der Waals surface area contributed by atoms with E-state index in [1.165, 1.54) is 0 Å². The molecule has 0 radical (unpaired) electrons. The zero-order valence-corrected chi connectivity index (χ0v) is 12.7. The summed E-state index contributed by atoms with van der Waals surface area (Å²) in [7, 11) is -3.58. The van der Waals surface area contributed by atoms with Gasteiger partial charge < -0.3 is 11.1 Å². The number of halogens is 2. The van der Waals surface area contributed by atoms with Gasteiger partial charge in [-0.1, -0.05) is 11.6 Å². The Bertz CT molecular complexity index is 496. The van der Waals surface area contributed by atoms with Crippen molar-refractivity contribution in [1.29, 1.82) is 0 Å². The average molecular weight is 315 g/mol. The lowest BCUT2D eigenvalue weighted by Crippen LogP contribution is -2.18. The minimum atomic E-state index is -3.58. The van der Waals surface area contributed by atoms with E-state index in [2.05, 4.69) is 15.3 Å². The smallest absolute Gasteiger partial charge is 0.226 e. The standard InChI is InChI=1S/C9H15ClN4O2S.ClH/c1-4-12-9-13-7(10)6(8(11)14-9)17(15,16)5(2)3;/h5H,4H2,1-3H3,(H3,11,12,13,14);1H. The van der Waals surface area contributed by atoms with E-state index in [0.29, 0.717) is 6.54 Å². The van der Waals surface area contributed by atoms with E-state index in [0.717, 1.165) is 0 Å². The molecule has 0 fully saturated rings. The minimum absolute atomic E-state index is 0. The highest BCUT2D eigenvalue weighted by atomic mass is 35.5. The van der Waals surface area contributed by atoms with Crippen molar-refractivity contribution < 1.29 is 8.42 Å². The van der Waals surface area contributed by atoms with Crippen LogP contribution in [0.15, 0.2) is 4.90 Å². The van der Waals surface area contributed by atoms with Crippen molar-refractivity contribution in [2.45, 2.75) is 30.9 Å². The number of nitrogen functional groups attached to an aromatic ring is 1. The highest BCUT2D eigenvalue weighted by Gasteiger charge is 2.27. The number of sulfone groups is 1. The number of aromatic nitrogens is 2. The van der Waals surface area contributed by atoms with Crippen LogP contribution in [0.4, 0.5) is 11.8 Å². The van der Waals surface area contributed by atoms with Crippen LogP contribution >= 0.6 is 24.0 Å². The van der Waals surface area contributed by atoms with Gasteiger partial charge in [0.15, 0.2) is 15.0 Å². The minimum Gasteiger partial charge on any atom is -0.382 e. The molecule has 0 unspecified atom stereocenters. The summed E-state index contributed by atoms with van der Waals surface area (Å²) in [5, 5.41) is 2.04. The highest BCUT2D eigenvalue weighted by Crippen LogP contribution is 2.28. The molecule has 0 saturated heterocycles. The van der Waals surface area contributed by atoms with Crippen LogP contribution in [0.5, 0.6) is 0 Å². The van der Waals surface area contributed by atoms with Crippen LogP contribution in [-0.4, -0.2) is 30.2 Å². The number of rotatable bonds is 4. The fraction of sp³-hybridized carbons (Fsp3) is 0.556. The van der Waals surface area contributed by atoms with Gasteiger partial charge in [0.05, 0.1) is 5.25 Å². The number of nitrogens with one attached hydrogen (secondary N) is 1. The largest absolute Gasteiger partial charge is 0.382 e. The predicted octanol–water partition coefficient (Wildman–Crippen LogP) is 1.75. The predicted molar refractivity (Wildman–Crippen MR) is 75.2 cm³/mol. The first kappa shape index (κ1) is 17.2. The summed E-state index contributed by atoms with van der Waals surface area (Å²) >= 11 is 5.85. The van der Waals surface area contributed by atoms with Gasteiger partial charge in [-0.05, 0) is 20.8 Å². The molecule has 9 heteroatoms. The van der Waals surface area contributed by atoms with E-state index >= 15 is 0 Å². The quantitative estimate of drug-likeness (QED) is 0.821. The van der Waals surface area contributed by atoms with Crippen LogP contribution in [-0.2, 0) is 9.84 Å². The summed E-state index contributed by atoms with van der Waals surface area (Å²) in [5.74, 6) is 0.0901. The van der Waals surface area contributed by atoms with Gasteiger partial charge in [0, 0.05) is 6.54 Å². The number of hydrogen-bond acceptors (Lipinski definition) is 6. The molecule has 0 saturated carbocycles. The molecule has 1 rings (SSSR count). The molecule has 0 spiro atoms. The SMILES string of the molecule is CCNc1nc(N)c(S(=O)(=O)C(C)C)c(Cl)n1.Cl. The third-order valence-corrected chi connectivity index (χ3v) is 4.69. The molecule has 104 valence electrons. The number of nitrogens with two attached hydrogens (primary N) is 1. The van der Waals surface area contributed by atoms with Crippen molar-refractivity contribution in [2.24, 2.45) is 0 Å². The van der Waals surface area contributed by atoms with Crippen LogP contribution in [0.25, 0.3) is 0 Å². The fourth-order valence-electron chi connectivity index (χ4n) is 1.18. The van der Waals surface area contributed by atoms with E-state index in [9.17, 15) is 8.42 Å². The summed E-state index contributed by atoms with van der Waals surface area (Å²) in [6.07, 6.45) is 0. The first-order chi connectivity index (χ1) is 7.80. The Labute approximate surface area is 118 Å². The van der Waals surface area contributed by atoms with Crippen LogP contribution in [0.3, 0.4) is 0 Å². The van der Waals surface area contributed by atoms with Gasteiger partial charge in [0.1, 0.15) is 10.7 Å². The Hall–Kier alpha value is -0.790. The molecule has 0 aliphatic rings. The lowest BCUT2D eigenvalue weighted by molar-refractivity contribution is 0.587. The molecule has 6 nitrogen and oxygen atoms in total. The average Bonchev–Trinajstić information content (AvgIpc) is 2.15. The number of hydrogen-bond donors (Lipinski definition) is 2. The number of nitrogens with zero attached hydrogens (tertiary/aromatic N) is 2. The Morgan fingerprint density at radius 1 is 1.39 bits per heavy atom. The molecule has 1 aromatic heterocycles. The summed E-state index contributed by atoms with van der Waals surface area (Å²) in [6.45, 7) is 5.53. The molecule has 0 bridgehead atoms. The second-order valence-electron chi connectivity index (χ2n) is 3.68. The van der Waals surface area contributed by atoms with Crippen molar-refractivity contribution >= 4 is 45.6 Å². The molecule has 0 aliphatic carbocycles. The van der Waals surface area contributed by atoms with Gasteiger partial charge in [-0.25, -0.2) is 8.42 Å². The normalized spacial score (nSPS) is 11.2. The first-order valence-electron chi connectivity index (χ1n) is 5.11. The Kier molecular flexibility index (Phi) is 6.12. The third-order valence-electron chi connectivity index (χ3n) is 2.09. The molecule has 0 amide bonds. The van der Waals surface area contributed by atoms with E-state index in [4.69, 9.17) is 17.3 Å². The van der Waals surface area contributed by atoms with E-state index in [-0.39, 0.29) is 34.2 Å². The van der Waals surface area contributed by atoms with Crippen molar-refractivity contribution in [3.63, 3.8) is 0 Å². The topological polar surface area (TPSA) is 98.0 Å². The van der Waals surface area contributed by atoms with Crippen molar-refractivity contribution in [3.8, 4) is 0 Å². The maximum atomic E-state index is 12.0. The van der Waals surface area contributed by atoms with Crippen LogP contribution in [0.2, 0.25) is 5.15 Å². The van der Waals surface area contributed by atoms with Gasteiger partial charge in [-0.3, -0.25) is 0 Å². The third kappa shape index (κ3) is 3.37. The van der Waals surface area contributed by atoms with E-state index in [1.54, 1.807) is 13.8 Å². The highest BCUT2D eigenvalue weighted by molar-refractivity contribution is 7.92. The monoisotopic (exact) mass is 314 g/mol. The lowest BCUT2D eigenvalue weighted by atomic mass is 10.5. The molecule has 1 aromatic rings. The van der Waals surface area contributed by atoms with E-state index in [1.807, 2.05) is 6.92 Å². The van der Waals surface area contributed by atoms with Crippen LogP contribution in [0.1, 0.15) is 20.8 Å². The number of anilines is 2. The molecular formula is C9H16Cl2N4O2S. The maximum absolute atomic E-state index is 12.0. The molecule has 0 aromatic carbocycles. The zero-order valence-electron chi connectivity index (χ0n) is 10.3. The zero-order chi connectivity index (χ0) is 13.2. The molecule has 0 aliphatic heterocycles. The summed E-state index contributed by atoms with van der Waals surface area (Å²) in [4.78, 5) is 7.52. The summed E-state index contributed by atoms with van der Waals surface area (Å²) < 4.78 is 24.0. The van der Waals surface area contributed by atoms with Gasteiger partial charge in [-0.2, -0.15) is 9.97 Å². The Morgan fingerprint density at radius 3 is 2.33 bits per heavy atom. The molecular weight excluding hydrogens is 299 g/mol. The van der Waals surface area contributed by atoms with Crippen LogP contribution in [0, 0.1) is 0 Å². The van der Waals surface area contributed by atoms with Crippen LogP contribution < -0.4 is 11.1 Å². The van der Waals surface area contributed by atoms with Crippen molar-refractivity contribution in [1.82, 2.24) is 9.97 Å². The molecule has 3 N–H and O–H groups in total. The first-order valence-corrected chi connectivity index (χ1v) is 7.03. The second kappa shape index (κ2) is 6.40. The molecule has 0 atom stereocenters. The van der Waals surface area contributed by atoms with Gasteiger partial charge in [0.25, 0.3) is 0 Å². The molecule has 1 heterocycles. The van der Waals surface area contributed by atoms with Crippen molar-refractivity contribution in [3.05, 3.63) is 5.15 Å². The molecule has 18 heavy (non-hydrogen) atoms. The van der Waals surface area contributed by atoms with Gasteiger partial charge >= 0.3 is 0 Å². The fourth-order valence-corrected chi connectivity index (χ4v) is 2.76. The van der Waals surface area contributed by atoms with Gasteiger partial charge in [-0.15, -0.1) is 12.4 Å². The second-order valence-corrected chi connectivity index (χ2v) is 6.48. The Morgan fingerprint density at radius 2 is 1.94 bits per heavy atom. The summed E-state index contributed by atoms with van der Waals surface area (Å²) in [6, 6.07) is 0.